The number of aromatic nitrogens is 4. The maximum absolute atomic E-state index is 13.5. The monoisotopic (exact) mass is 447 g/mol. The Balaban J connectivity index is 2.06. The van der Waals surface area contributed by atoms with Gasteiger partial charge >= 0.3 is 11.4 Å². The normalized spacial score (nSPS) is 14.1. The minimum absolute atomic E-state index is 0.0476. The number of nitrogen functional groups attached to an aromatic ring is 1. The number of nitrogens with two attached hydrogens (primary N) is 1. The van der Waals surface area contributed by atoms with Gasteiger partial charge < -0.3 is 5.73 Å². The topological polar surface area (TPSA) is 162 Å². The van der Waals surface area contributed by atoms with E-state index in [0.29, 0.717) is 25.8 Å². The number of carbonyl (C=O) groups is 1. The molecule has 0 unspecified atom stereocenters. The van der Waals surface area contributed by atoms with Gasteiger partial charge in [0.25, 0.3) is 5.56 Å². The summed E-state index contributed by atoms with van der Waals surface area (Å²) in [4.78, 5) is 53.0. The molecule has 1 amide bonds. The summed E-state index contributed by atoms with van der Waals surface area (Å²) in [6, 6.07) is -0.255. The quantitative estimate of drug-likeness (QED) is 0.459. The first-order chi connectivity index (χ1) is 15.2. The van der Waals surface area contributed by atoms with Crippen molar-refractivity contribution in [1.29, 1.82) is 0 Å². The van der Waals surface area contributed by atoms with Crippen molar-refractivity contribution in [3.63, 3.8) is 0 Å². The molecular weight excluding hydrogens is 418 g/mol. The molecule has 1 saturated carbocycles. The number of nitrogens with zero attached hydrogens (tertiary/aromatic N) is 5. The van der Waals surface area contributed by atoms with Crippen molar-refractivity contribution in [3.8, 4) is 0 Å². The number of unbranched alkanes of at least 4 members (excludes halogenated alkanes) is 1. The highest BCUT2D eigenvalue weighted by Crippen LogP contribution is 2.30. The second kappa shape index (κ2) is 9.37. The molecule has 0 bridgehead atoms. The Hall–Kier alpha value is -3.44. The lowest BCUT2D eigenvalue weighted by Gasteiger charge is -2.30. The predicted octanol–water partition coefficient (Wildman–Crippen LogP) is 1.62. The number of anilines is 2. The molecule has 3 N–H and O–H groups in total. The fourth-order valence-corrected chi connectivity index (χ4v) is 4.33. The smallest absolute Gasteiger partial charge is 0.330 e. The van der Waals surface area contributed by atoms with Gasteiger partial charge in [-0.3, -0.25) is 38.8 Å². The van der Waals surface area contributed by atoms with E-state index in [4.69, 9.17) is 5.73 Å². The van der Waals surface area contributed by atoms with E-state index in [1.165, 1.54) is 28.0 Å². The molecule has 0 aromatic carbocycles. The zero-order valence-electron chi connectivity index (χ0n) is 18.6. The molecule has 1 aliphatic rings. The third kappa shape index (κ3) is 4.30. The molecule has 0 saturated heterocycles. The highest BCUT2D eigenvalue weighted by molar-refractivity contribution is 5.96. The molecule has 2 aromatic heterocycles. The molecule has 174 valence electrons. The van der Waals surface area contributed by atoms with E-state index in [2.05, 4.69) is 10.1 Å². The lowest BCUT2D eigenvalue weighted by molar-refractivity contribution is -0.386. The molecule has 2 heterocycles. The van der Waals surface area contributed by atoms with Gasteiger partial charge in [-0.2, -0.15) is 5.10 Å². The maximum Gasteiger partial charge on any atom is 0.330 e. The number of carbonyl (C=O) groups excluding carboxylic acids is 1. The van der Waals surface area contributed by atoms with Crippen LogP contribution in [0.1, 0.15) is 56.8 Å². The van der Waals surface area contributed by atoms with Crippen molar-refractivity contribution in [3.05, 3.63) is 42.3 Å². The summed E-state index contributed by atoms with van der Waals surface area (Å²) >= 11 is 0. The van der Waals surface area contributed by atoms with Crippen molar-refractivity contribution < 1.29 is 9.72 Å². The first-order valence-electron chi connectivity index (χ1n) is 10.8. The van der Waals surface area contributed by atoms with E-state index in [9.17, 15) is 24.5 Å². The number of nitro groups is 1. The van der Waals surface area contributed by atoms with Crippen molar-refractivity contribution >= 4 is 23.1 Å². The van der Waals surface area contributed by atoms with Crippen LogP contribution in [0.2, 0.25) is 0 Å². The van der Waals surface area contributed by atoms with Gasteiger partial charge in [0.15, 0.2) is 5.69 Å². The van der Waals surface area contributed by atoms with Crippen LogP contribution in [0.4, 0.5) is 17.2 Å². The summed E-state index contributed by atoms with van der Waals surface area (Å²) in [5.74, 6) is -0.512. The van der Waals surface area contributed by atoms with Crippen LogP contribution in [0.3, 0.4) is 0 Å². The molecule has 2 aromatic rings. The third-order valence-corrected chi connectivity index (χ3v) is 5.96. The summed E-state index contributed by atoms with van der Waals surface area (Å²) in [5.41, 5.74) is 5.19. The highest BCUT2D eigenvalue weighted by Gasteiger charge is 2.33. The van der Waals surface area contributed by atoms with E-state index in [-0.39, 0.29) is 41.2 Å². The van der Waals surface area contributed by atoms with Gasteiger partial charge in [-0.1, -0.05) is 26.2 Å². The second-order valence-corrected chi connectivity index (χ2v) is 8.13. The van der Waals surface area contributed by atoms with Crippen LogP contribution in [0.15, 0.2) is 9.59 Å². The van der Waals surface area contributed by atoms with Crippen LogP contribution in [0.25, 0.3) is 0 Å². The van der Waals surface area contributed by atoms with Crippen LogP contribution in [0, 0.1) is 24.0 Å². The summed E-state index contributed by atoms with van der Waals surface area (Å²) in [5, 5.41) is 15.5. The molecule has 1 fully saturated rings. The van der Waals surface area contributed by atoms with Crippen LogP contribution >= 0.6 is 0 Å². The third-order valence-electron chi connectivity index (χ3n) is 5.96. The number of H-pyrrole nitrogens is 1. The van der Waals surface area contributed by atoms with E-state index < -0.39 is 22.1 Å². The lowest BCUT2D eigenvalue weighted by atomic mass is 10.2. The maximum atomic E-state index is 13.5. The van der Waals surface area contributed by atoms with Crippen LogP contribution in [0.5, 0.6) is 0 Å². The SMILES string of the molecule is CCCCn1c(N)c(N(C(=O)Cn2nc(C)c([N+](=O)[O-])c2C)C2CCCC2)c(=O)[nH]c1=O. The second-order valence-electron chi connectivity index (χ2n) is 8.13. The summed E-state index contributed by atoms with van der Waals surface area (Å²) in [7, 11) is 0. The van der Waals surface area contributed by atoms with E-state index in [1.54, 1.807) is 0 Å². The lowest BCUT2D eigenvalue weighted by Crippen LogP contribution is -2.47. The molecular formula is C20H29N7O5. The van der Waals surface area contributed by atoms with E-state index in [1.807, 2.05) is 6.92 Å². The van der Waals surface area contributed by atoms with Crippen molar-refractivity contribution in [1.82, 2.24) is 19.3 Å². The Morgan fingerprint density at radius 1 is 1.31 bits per heavy atom. The van der Waals surface area contributed by atoms with Gasteiger partial charge in [-0.05, 0) is 33.1 Å². The number of hydrogen-bond acceptors (Lipinski definition) is 7. The Kier molecular flexibility index (Phi) is 6.80. The van der Waals surface area contributed by atoms with Crippen LogP contribution in [-0.4, -0.2) is 36.2 Å². The number of rotatable bonds is 8. The Bertz CT molecular complexity index is 1140. The number of aromatic amines is 1. The number of aryl methyl sites for hydroxylation is 1. The summed E-state index contributed by atoms with van der Waals surface area (Å²) in [6.07, 6.45) is 4.68. The molecule has 12 nitrogen and oxygen atoms in total. The number of nitrogens with one attached hydrogen (secondary N) is 1. The van der Waals surface area contributed by atoms with E-state index >= 15 is 0 Å². The molecule has 0 radical (unpaired) electrons. The van der Waals surface area contributed by atoms with Crippen molar-refractivity contribution in [2.24, 2.45) is 0 Å². The van der Waals surface area contributed by atoms with Gasteiger partial charge in [0, 0.05) is 12.6 Å². The minimum atomic E-state index is -0.722. The van der Waals surface area contributed by atoms with Gasteiger partial charge in [0.2, 0.25) is 5.91 Å². The number of hydrogen-bond donors (Lipinski definition) is 2. The molecule has 1 aliphatic carbocycles. The first kappa shape index (κ1) is 23.2. The molecule has 0 atom stereocenters. The largest absolute Gasteiger partial charge is 0.383 e. The van der Waals surface area contributed by atoms with Gasteiger partial charge in [0.05, 0.1) is 4.92 Å². The summed E-state index contributed by atoms with van der Waals surface area (Å²) in [6.45, 7) is 5.03. The number of amides is 1. The van der Waals surface area contributed by atoms with Crippen LogP contribution < -0.4 is 21.9 Å². The van der Waals surface area contributed by atoms with Crippen molar-refractivity contribution in [2.45, 2.75) is 78.4 Å². The minimum Gasteiger partial charge on any atom is -0.383 e. The van der Waals surface area contributed by atoms with Crippen LogP contribution in [-0.2, 0) is 17.9 Å². The molecule has 32 heavy (non-hydrogen) atoms. The van der Waals surface area contributed by atoms with Gasteiger partial charge in [0.1, 0.15) is 23.8 Å². The molecule has 3 rings (SSSR count). The zero-order valence-corrected chi connectivity index (χ0v) is 18.6. The average Bonchev–Trinajstić information content (AvgIpc) is 3.33. The summed E-state index contributed by atoms with van der Waals surface area (Å²) < 4.78 is 2.55. The van der Waals surface area contributed by atoms with E-state index in [0.717, 1.165) is 19.3 Å². The standard InChI is InChI=1S/C20H29N7O5/c1-4-5-10-24-18(21)17(19(29)22-20(24)30)26(14-8-6-7-9-14)15(28)11-25-13(3)16(27(31)32)12(2)23-25/h14H,4-11,21H2,1-3H3,(H,22,29,30). The van der Waals surface area contributed by atoms with Gasteiger partial charge in [-0.25, -0.2) is 4.79 Å². The Labute approximate surface area is 184 Å². The van der Waals surface area contributed by atoms with Crippen molar-refractivity contribution in [2.75, 3.05) is 10.6 Å². The Morgan fingerprint density at radius 3 is 2.53 bits per heavy atom. The predicted molar refractivity (Wildman–Crippen MR) is 119 cm³/mol. The molecule has 0 aliphatic heterocycles. The highest BCUT2D eigenvalue weighted by atomic mass is 16.6. The average molecular weight is 447 g/mol. The first-order valence-corrected chi connectivity index (χ1v) is 10.8. The fraction of sp³-hybridized carbons (Fsp3) is 0.600. The van der Waals surface area contributed by atoms with Gasteiger partial charge in [-0.15, -0.1) is 0 Å². The zero-order chi connectivity index (χ0) is 23.6. The fourth-order valence-electron chi connectivity index (χ4n) is 4.33. The molecule has 12 heteroatoms. The molecule has 0 spiro atoms. The Morgan fingerprint density at radius 2 is 1.97 bits per heavy atom.